The monoisotopic (exact) mass is 341 g/mol. The fraction of sp³-hybridized carbons (Fsp3) is 0.400. The maximum absolute atomic E-state index is 10.7. The first-order valence-corrected chi connectivity index (χ1v) is 8.70. The van der Waals surface area contributed by atoms with Crippen molar-refractivity contribution in [2.45, 2.75) is 25.4 Å². The third kappa shape index (κ3) is 3.57. The number of benzene rings is 1. The smallest absolute Gasteiger partial charge is 0.231 e. The van der Waals surface area contributed by atoms with Gasteiger partial charge in [0.2, 0.25) is 6.79 Å². The van der Waals surface area contributed by atoms with Gasteiger partial charge in [0.1, 0.15) is 5.76 Å². The first-order chi connectivity index (χ1) is 12.2. The Morgan fingerprint density at radius 2 is 2.16 bits per heavy atom. The second-order valence-corrected chi connectivity index (χ2v) is 6.82. The van der Waals surface area contributed by atoms with Crippen LogP contribution in [0.1, 0.15) is 30.6 Å². The molecule has 2 aliphatic heterocycles. The second kappa shape index (κ2) is 6.94. The van der Waals surface area contributed by atoms with Crippen molar-refractivity contribution in [1.82, 2.24) is 4.90 Å². The van der Waals surface area contributed by atoms with E-state index in [4.69, 9.17) is 13.9 Å². The lowest BCUT2D eigenvalue weighted by Crippen LogP contribution is -2.43. The zero-order valence-corrected chi connectivity index (χ0v) is 14.4. The Bertz CT molecular complexity index is 753. The zero-order valence-electron chi connectivity index (χ0n) is 14.4. The first-order valence-electron chi connectivity index (χ1n) is 8.70. The van der Waals surface area contributed by atoms with Crippen LogP contribution in [0.3, 0.4) is 0 Å². The molecule has 25 heavy (non-hydrogen) atoms. The molecule has 4 rings (SSSR count). The van der Waals surface area contributed by atoms with Crippen LogP contribution in [0.15, 0.2) is 46.6 Å². The van der Waals surface area contributed by atoms with Gasteiger partial charge in [0.25, 0.3) is 0 Å². The van der Waals surface area contributed by atoms with E-state index in [0.717, 1.165) is 42.3 Å². The topological polar surface area (TPSA) is 55.1 Å². The summed E-state index contributed by atoms with van der Waals surface area (Å²) in [5, 5.41) is 10.7. The van der Waals surface area contributed by atoms with Crippen molar-refractivity contribution >= 4 is 6.08 Å². The van der Waals surface area contributed by atoms with Crippen LogP contribution in [0.2, 0.25) is 0 Å². The molecule has 0 unspecified atom stereocenters. The third-order valence-corrected chi connectivity index (χ3v) is 4.90. The number of aliphatic hydroxyl groups excluding tert-OH is 1. The Kier molecular flexibility index (Phi) is 4.51. The number of piperidine rings is 1. The van der Waals surface area contributed by atoms with Crippen LogP contribution in [0.25, 0.3) is 6.08 Å². The molecule has 2 aromatic rings. The highest BCUT2D eigenvalue weighted by Gasteiger charge is 2.30. The van der Waals surface area contributed by atoms with Crippen molar-refractivity contribution in [2.75, 3.05) is 26.4 Å². The Morgan fingerprint density at radius 1 is 1.28 bits per heavy atom. The number of likely N-dealkylation sites (tertiary alicyclic amines) is 1. The van der Waals surface area contributed by atoms with Crippen LogP contribution >= 0.6 is 0 Å². The van der Waals surface area contributed by atoms with E-state index in [1.165, 1.54) is 5.57 Å². The Morgan fingerprint density at radius 3 is 2.96 bits per heavy atom. The summed E-state index contributed by atoms with van der Waals surface area (Å²) < 4.78 is 16.2. The van der Waals surface area contributed by atoms with Crippen molar-refractivity contribution in [3.05, 3.63) is 53.5 Å². The van der Waals surface area contributed by atoms with E-state index in [1.54, 1.807) is 6.26 Å². The molecule has 1 aromatic heterocycles. The number of aliphatic hydroxyl groups is 1. The van der Waals surface area contributed by atoms with Gasteiger partial charge in [-0.25, -0.2) is 0 Å². The highest BCUT2D eigenvalue weighted by molar-refractivity contribution is 5.47. The Labute approximate surface area is 147 Å². The quantitative estimate of drug-likeness (QED) is 0.925. The minimum atomic E-state index is -0.384. The molecule has 1 aromatic carbocycles. The molecule has 1 saturated heterocycles. The summed E-state index contributed by atoms with van der Waals surface area (Å²) in [7, 11) is 0. The van der Waals surface area contributed by atoms with Crippen molar-refractivity contribution in [2.24, 2.45) is 0 Å². The van der Waals surface area contributed by atoms with Crippen molar-refractivity contribution in [3.8, 4) is 11.5 Å². The number of ether oxygens (including phenoxy) is 2. The number of hydrogen-bond donors (Lipinski definition) is 1. The van der Waals surface area contributed by atoms with Gasteiger partial charge in [0.15, 0.2) is 11.5 Å². The van der Waals surface area contributed by atoms with Gasteiger partial charge < -0.3 is 19.0 Å². The predicted molar refractivity (Wildman–Crippen MR) is 94.7 cm³/mol. The number of β-amino-alcohol motifs (C(OH)–C–C–N with tert-alkyl or cyclic N) is 1. The van der Waals surface area contributed by atoms with Gasteiger partial charge in [-0.05, 0) is 55.8 Å². The summed E-state index contributed by atoms with van der Waals surface area (Å²) in [5.41, 5.74) is 2.35. The summed E-state index contributed by atoms with van der Waals surface area (Å²) in [6.07, 6.45) is 4.27. The highest BCUT2D eigenvalue weighted by Crippen LogP contribution is 2.37. The molecule has 3 heterocycles. The molecule has 0 amide bonds. The van der Waals surface area contributed by atoms with E-state index < -0.39 is 0 Å². The van der Waals surface area contributed by atoms with Gasteiger partial charge in [-0.15, -0.1) is 0 Å². The lowest BCUT2D eigenvalue weighted by molar-refractivity contribution is 0.0558. The largest absolute Gasteiger partial charge is 0.465 e. The number of nitrogens with zero attached hydrogens (tertiary/aromatic N) is 1. The summed E-state index contributed by atoms with van der Waals surface area (Å²) in [6, 6.07) is 9.82. The molecule has 0 aliphatic carbocycles. The van der Waals surface area contributed by atoms with Crippen molar-refractivity contribution < 1.29 is 19.0 Å². The maximum Gasteiger partial charge on any atom is 0.231 e. The SMILES string of the molecule is CC(=Cc1ccco1)CN1CC[C@@H](c2ccc3c(c2)OCO3)[C@H](O)C1. The lowest BCUT2D eigenvalue weighted by atomic mass is 9.86. The second-order valence-electron chi connectivity index (χ2n) is 6.82. The van der Waals surface area contributed by atoms with Crippen LogP contribution < -0.4 is 9.47 Å². The fourth-order valence-electron chi connectivity index (χ4n) is 3.69. The highest BCUT2D eigenvalue weighted by atomic mass is 16.7. The van der Waals surface area contributed by atoms with Crippen LogP contribution in [0, 0.1) is 0 Å². The van der Waals surface area contributed by atoms with Gasteiger partial charge in [-0.2, -0.15) is 0 Å². The van der Waals surface area contributed by atoms with E-state index >= 15 is 0 Å². The van der Waals surface area contributed by atoms with E-state index in [9.17, 15) is 5.11 Å². The number of fused-ring (bicyclic) bond motifs is 1. The minimum Gasteiger partial charge on any atom is -0.465 e. The fourth-order valence-corrected chi connectivity index (χ4v) is 3.69. The maximum atomic E-state index is 10.7. The van der Waals surface area contributed by atoms with Gasteiger partial charge >= 0.3 is 0 Å². The third-order valence-electron chi connectivity index (χ3n) is 4.90. The van der Waals surface area contributed by atoms with Gasteiger partial charge in [-0.1, -0.05) is 11.6 Å². The molecular weight excluding hydrogens is 318 g/mol. The molecule has 1 fully saturated rings. The standard InChI is InChI=1S/C20H23NO4/c1-14(9-16-3-2-8-23-16)11-21-7-6-17(18(22)12-21)15-4-5-19-20(10-15)25-13-24-19/h2-5,8-10,17-18,22H,6-7,11-13H2,1H3/t17-,18+/m0/s1. The molecule has 1 N–H and O–H groups in total. The lowest BCUT2D eigenvalue weighted by Gasteiger charge is -2.36. The van der Waals surface area contributed by atoms with Crippen LogP contribution in [-0.2, 0) is 0 Å². The van der Waals surface area contributed by atoms with Gasteiger partial charge in [0, 0.05) is 19.0 Å². The number of furan rings is 1. The predicted octanol–water partition coefficient (Wildman–Crippen LogP) is 3.26. The molecule has 0 spiro atoms. The molecule has 5 heteroatoms. The normalized spacial score (nSPS) is 23.8. The van der Waals surface area contributed by atoms with E-state index in [2.05, 4.69) is 17.9 Å². The van der Waals surface area contributed by atoms with Crippen LogP contribution in [0.5, 0.6) is 11.5 Å². The Hall–Kier alpha value is -2.24. The van der Waals surface area contributed by atoms with E-state index in [1.807, 2.05) is 30.3 Å². The number of rotatable bonds is 4. The molecule has 132 valence electrons. The average Bonchev–Trinajstić information content (AvgIpc) is 3.25. The first kappa shape index (κ1) is 16.2. The molecule has 2 atom stereocenters. The molecule has 0 saturated carbocycles. The zero-order chi connectivity index (χ0) is 17.2. The average molecular weight is 341 g/mol. The molecule has 0 radical (unpaired) electrons. The molecule has 0 bridgehead atoms. The molecule has 5 nitrogen and oxygen atoms in total. The summed E-state index contributed by atoms with van der Waals surface area (Å²) in [5.74, 6) is 2.58. The van der Waals surface area contributed by atoms with Gasteiger partial charge in [-0.3, -0.25) is 4.90 Å². The van der Waals surface area contributed by atoms with Crippen molar-refractivity contribution in [3.63, 3.8) is 0 Å². The van der Waals surface area contributed by atoms with E-state index in [0.29, 0.717) is 6.54 Å². The van der Waals surface area contributed by atoms with Crippen LogP contribution in [0.4, 0.5) is 0 Å². The van der Waals surface area contributed by atoms with Crippen LogP contribution in [-0.4, -0.2) is 42.5 Å². The van der Waals surface area contributed by atoms with Crippen molar-refractivity contribution in [1.29, 1.82) is 0 Å². The van der Waals surface area contributed by atoms with E-state index in [-0.39, 0.29) is 18.8 Å². The minimum absolute atomic E-state index is 0.139. The summed E-state index contributed by atoms with van der Waals surface area (Å²) in [4.78, 5) is 2.29. The summed E-state index contributed by atoms with van der Waals surface area (Å²) >= 11 is 0. The summed E-state index contributed by atoms with van der Waals surface area (Å²) in [6.45, 7) is 4.84. The molecular formula is C20H23NO4. The molecule has 2 aliphatic rings. The van der Waals surface area contributed by atoms with Gasteiger partial charge in [0.05, 0.1) is 12.4 Å². The number of hydrogen-bond acceptors (Lipinski definition) is 5. The Balaban J connectivity index is 1.39.